The zero-order chi connectivity index (χ0) is 36.9. The Labute approximate surface area is 299 Å². The fraction of sp³-hybridized carbons (Fsp3) is 0.0526. The summed E-state index contributed by atoms with van der Waals surface area (Å²) >= 11 is 0. The first-order valence-electron chi connectivity index (χ1n) is 15.6. The van der Waals surface area contributed by atoms with Crippen LogP contribution in [0.5, 0.6) is 11.5 Å². The van der Waals surface area contributed by atoms with E-state index in [2.05, 4.69) is 21.1 Å². The standard InChI is InChI=1S/C38H30N4O8S2/c1-25-11-17-29(18-12-25)51(45,46)49-35-21-15-27-7-3-5-9-31(27)33(35)23-39-41-37(43)38(44)42-40-24-34-32-10-6-4-8-28(32)16-22-36(34)50-52(47,48)30-19-13-26(2)14-20-30/h3-24H,1-2H3,(H,41,43)(H,42,44)/b39-23-,40-24-. The first-order chi connectivity index (χ1) is 24.9. The van der Waals surface area contributed by atoms with E-state index in [0.29, 0.717) is 10.8 Å². The third-order valence-electron chi connectivity index (χ3n) is 7.81. The highest BCUT2D eigenvalue weighted by Crippen LogP contribution is 2.31. The van der Waals surface area contributed by atoms with Crippen LogP contribution in [0.4, 0.5) is 0 Å². The summed E-state index contributed by atoms with van der Waals surface area (Å²) in [5.74, 6) is -2.49. The fourth-order valence-electron chi connectivity index (χ4n) is 5.12. The van der Waals surface area contributed by atoms with E-state index in [0.717, 1.165) is 21.9 Å². The van der Waals surface area contributed by atoms with Gasteiger partial charge in [-0.1, -0.05) is 96.1 Å². The van der Waals surface area contributed by atoms with Crippen molar-refractivity contribution in [1.82, 2.24) is 10.9 Å². The van der Waals surface area contributed by atoms with E-state index in [1.807, 2.05) is 13.8 Å². The Bertz CT molecular complexity index is 2420. The monoisotopic (exact) mass is 734 g/mol. The highest BCUT2D eigenvalue weighted by Gasteiger charge is 2.21. The van der Waals surface area contributed by atoms with Crippen LogP contribution in [0.2, 0.25) is 0 Å². The Balaban J connectivity index is 1.19. The molecular formula is C38H30N4O8S2. The van der Waals surface area contributed by atoms with Crippen molar-refractivity contribution >= 4 is 66.0 Å². The Morgan fingerprint density at radius 1 is 0.519 bits per heavy atom. The number of carbonyl (C=O) groups is 2. The van der Waals surface area contributed by atoms with Crippen molar-refractivity contribution in [2.45, 2.75) is 23.6 Å². The minimum Gasteiger partial charge on any atom is -0.378 e. The number of nitrogens with zero attached hydrogens (tertiary/aromatic N) is 2. The number of rotatable bonds is 10. The normalized spacial score (nSPS) is 12.0. The maximum absolute atomic E-state index is 13.1. The van der Waals surface area contributed by atoms with Gasteiger partial charge in [-0.2, -0.15) is 27.0 Å². The van der Waals surface area contributed by atoms with Crippen LogP contribution in [0, 0.1) is 13.8 Å². The molecule has 0 saturated heterocycles. The maximum atomic E-state index is 13.1. The molecule has 0 aliphatic heterocycles. The van der Waals surface area contributed by atoms with Crippen LogP contribution in [-0.2, 0) is 29.8 Å². The van der Waals surface area contributed by atoms with E-state index in [-0.39, 0.29) is 32.4 Å². The van der Waals surface area contributed by atoms with Crippen molar-refractivity contribution in [3.8, 4) is 11.5 Å². The molecule has 0 fully saturated rings. The molecule has 0 spiro atoms. The van der Waals surface area contributed by atoms with Crippen molar-refractivity contribution in [3.05, 3.63) is 144 Å². The number of hydrogen-bond donors (Lipinski definition) is 2. The first kappa shape index (κ1) is 35.4. The third-order valence-corrected chi connectivity index (χ3v) is 10.3. The molecule has 52 heavy (non-hydrogen) atoms. The van der Waals surface area contributed by atoms with Crippen LogP contribution in [0.3, 0.4) is 0 Å². The summed E-state index contributed by atoms with van der Waals surface area (Å²) in [6.45, 7) is 3.66. The summed E-state index contributed by atoms with van der Waals surface area (Å²) < 4.78 is 63.3. The van der Waals surface area contributed by atoms with Gasteiger partial charge in [-0.05, 0) is 71.8 Å². The van der Waals surface area contributed by atoms with Crippen LogP contribution in [0.15, 0.2) is 141 Å². The average molecular weight is 735 g/mol. The van der Waals surface area contributed by atoms with Gasteiger partial charge in [0.25, 0.3) is 0 Å². The highest BCUT2D eigenvalue weighted by molar-refractivity contribution is 7.87. The SMILES string of the molecule is Cc1ccc(S(=O)(=O)Oc2ccc3ccccc3c2/C=N\NC(=O)C(=O)N/N=C\c2c(OS(=O)(=O)c3ccc(C)cc3)ccc3ccccc23)cc1. The predicted molar refractivity (Wildman–Crippen MR) is 197 cm³/mol. The van der Waals surface area contributed by atoms with Gasteiger partial charge in [-0.15, -0.1) is 0 Å². The maximum Gasteiger partial charge on any atom is 0.339 e. The van der Waals surface area contributed by atoms with Crippen LogP contribution >= 0.6 is 0 Å². The summed E-state index contributed by atoms with van der Waals surface area (Å²) in [6, 6.07) is 32.8. The molecule has 262 valence electrons. The molecule has 2 N–H and O–H groups in total. The number of hydrogen-bond acceptors (Lipinski definition) is 10. The van der Waals surface area contributed by atoms with E-state index >= 15 is 0 Å². The second kappa shape index (κ2) is 14.8. The van der Waals surface area contributed by atoms with Crippen LogP contribution < -0.4 is 19.2 Å². The van der Waals surface area contributed by atoms with E-state index in [1.165, 1.54) is 48.8 Å². The average Bonchev–Trinajstić information content (AvgIpc) is 3.13. The third kappa shape index (κ3) is 7.98. The molecule has 0 atom stereocenters. The molecule has 0 saturated carbocycles. The topological polar surface area (TPSA) is 170 Å². The molecular weight excluding hydrogens is 705 g/mol. The zero-order valence-electron chi connectivity index (χ0n) is 27.7. The van der Waals surface area contributed by atoms with E-state index < -0.39 is 32.1 Å². The summed E-state index contributed by atoms with van der Waals surface area (Å²) in [5.41, 5.74) is 6.42. The Morgan fingerprint density at radius 3 is 1.27 bits per heavy atom. The Kier molecular flexibility index (Phi) is 10.1. The van der Waals surface area contributed by atoms with Crippen molar-refractivity contribution in [3.63, 3.8) is 0 Å². The van der Waals surface area contributed by atoms with E-state index in [9.17, 15) is 26.4 Å². The number of benzene rings is 6. The summed E-state index contributed by atoms with van der Waals surface area (Å²) in [5, 5.41) is 10.4. The smallest absolute Gasteiger partial charge is 0.339 e. The number of fused-ring (bicyclic) bond motifs is 2. The minimum absolute atomic E-state index is 0.0465. The minimum atomic E-state index is -4.22. The van der Waals surface area contributed by atoms with Crippen molar-refractivity contribution in [2.75, 3.05) is 0 Å². The van der Waals surface area contributed by atoms with Gasteiger partial charge in [-0.25, -0.2) is 10.9 Å². The van der Waals surface area contributed by atoms with Gasteiger partial charge in [0.15, 0.2) is 11.5 Å². The molecule has 14 heteroatoms. The largest absolute Gasteiger partial charge is 0.378 e. The zero-order valence-corrected chi connectivity index (χ0v) is 29.3. The fourth-order valence-corrected chi connectivity index (χ4v) is 7.01. The second-order valence-electron chi connectivity index (χ2n) is 11.5. The van der Waals surface area contributed by atoms with Crippen LogP contribution in [-0.4, -0.2) is 41.1 Å². The van der Waals surface area contributed by atoms with Crippen molar-refractivity contribution < 1.29 is 34.8 Å². The molecule has 0 aliphatic rings. The molecule has 0 aliphatic carbocycles. The molecule has 6 rings (SSSR count). The van der Waals surface area contributed by atoms with Crippen molar-refractivity contribution in [2.24, 2.45) is 10.2 Å². The second-order valence-corrected chi connectivity index (χ2v) is 14.6. The molecule has 6 aromatic rings. The molecule has 0 radical (unpaired) electrons. The lowest BCUT2D eigenvalue weighted by atomic mass is 10.0. The molecule has 6 aromatic carbocycles. The predicted octanol–water partition coefficient (Wildman–Crippen LogP) is 5.75. The van der Waals surface area contributed by atoms with Gasteiger partial charge in [0, 0.05) is 11.1 Å². The number of amides is 2. The lowest BCUT2D eigenvalue weighted by molar-refractivity contribution is -0.139. The van der Waals surface area contributed by atoms with Gasteiger partial charge in [0.1, 0.15) is 9.79 Å². The number of hydrazone groups is 2. The van der Waals surface area contributed by atoms with Crippen molar-refractivity contribution in [1.29, 1.82) is 0 Å². The van der Waals surface area contributed by atoms with E-state index in [1.54, 1.807) is 84.9 Å². The van der Waals surface area contributed by atoms with E-state index in [4.69, 9.17) is 8.37 Å². The Morgan fingerprint density at radius 2 is 0.885 bits per heavy atom. The molecule has 0 bridgehead atoms. The molecule has 0 unspecified atom stereocenters. The van der Waals surface area contributed by atoms with Gasteiger partial charge in [0.2, 0.25) is 0 Å². The quantitative estimate of drug-likeness (QED) is 0.0777. The first-order valence-corrected chi connectivity index (χ1v) is 18.5. The molecule has 12 nitrogen and oxygen atoms in total. The Hall–Kier alpha value is -6.38. The van der Waals surface area contributed by atoms with Gasteiger partial charge in [-0.3, -0.25) is 9.59 Å². The summed E-state index contributed by atoms with van der Waals surface area (Å²) in [4.78, 5) is 25.2. The highest BCUT2D eigenvalue weighted by atomic mass is 32.2. The number of aryl methyl sites for hydroxylation is 2. The lowest BCUT2D eigenvalue weighted by Crippen LogP contribution is -2.35. The molecule has 0 heterocycles. The number of carbonyl (C=O) groups excluding carboxylic acids is 2. The molecule has 2 amide bonds. The van der Waals surface area contributed by atoms with Crippen LogP contribution in [0.25, 0.3) is 21.5 Å². The number of nitrogens with one attached hydrogen (secondary N) is 2. The van der Waals surface area contributed by atoms with Gasteiger partial charge in [0.05, 0.1) is 12.4 Å². The lowest BCUT2D eigenvalue weighted by Gasteiger charge is -2.12. The van der Waals surface area contributed by atoms with Gasteiger partial charge >= 0.3 is 32.1 Å². The summed E-state index contributed by atoms with van der Waals surface area (Å²) in [7, 11) is -8.45. The molecule has 0 aromatic heterocycles. The summed E-state index contributed by atoms with van der Waals surface area (Å²) in [6.07, 6.45) is 2.34. The van der Waals surface area contributed by atoms with Gasteiger partial charge < -0.3 is 8.37 Å². The van der Waals surface area contributed by atoms with Crippen LogP contribution in [0.1, 0.15) is 22.3 Å².